The SMILES string of the molecule is CC(C)n1cc(C(=O)Nc2cnc(Oc3ccnc(N)c3Cl)nc2)c(=O)c(-c2ccc(F)cc2)c1. The van der Waals surface area contributed by atoms with Gasteiger partial charge in [-0.05, 0) is 31.5 Å². The van der Waals surface area contributed by atoms with Crippen molar-refractivity contribution in [1.82, 2.24) is 19.5 Å². The van der Waals surface area contributed by atoms with Crippen LogP contribution in [0.1, 0.15) is 30.2 Å². The molecule has 11 heteroatoms. The number of hydrogen-bond donors (Lipinski definition) is 2. The fraction of sp³-hybridized carbons (Fsp3) is 0.125. The molecule has 1 amide bonds. The van der Waals surface area contributed by atoms with E-state index in [1.54, 1.807) is 10.8 Å². The maximum absolute atomic E-state index is 13.4. The molecule has 9 nitrogen and oxygen atoms in total. The molecule has 0 bridgehead atoms. The largest absolute Gasteiger partial charge is 0.422 e. The highest BCUT2D eigenvalue weighted by Crippen LogP contribution is 2.30. The molecule has 3 N–H and O–H groups in total. The Balaban J connectivity index is 1.59. The minimum atomic E-state index is -0.643. The topological polar surface area (TPSA) is 125 Å². The number of carbonyl (C=O) groups excluding carboxylic acids is 1. The summed E-state index contributed by atoms with van der Waals surface area (Å²) in [5.41, 5.74) is 6.10. The Morgan fingerprint density at radius 2 is 1.80 bits per heavy atom. The zero-order valence-electron chi connectivity index (χ0n) is 18.7. The second-order valence-corrected chi connectivity index (χ2v) is 8.16. The smallest absolute Gasteiger partial charge is 0.322 e. The summed E-state index contributed by atoms with van der Waals surface area (Å²) in [5.74, 6) is -0.740. The highest BCUT2D eigenvalue weighted by molar-refractivity contribution is 6.34. The average Bonchev–Trinajstić information content (AvgIpc) is 2.84. The molecule has 1 aromatic carbocycles. The van der Waals surface area contributed by atoms with E-state index in [1.807, 2.05) is 13.8 Å². The number of halogens is 2. The first-order chi connectivity index (χ1) is 16.7. The van der Waals surface area contributed by atoms with Crippen LogP contribution in [0.3, 0.4) is 0 Å². The third-order valence-corrected chi connectivity index (χ3v) is 5.39. The van der Waals surface area contributed by atoms with E-state index in [-0.39, 0.29) is 45.5 Å². The summed E-state index contributed by atoms with van der Waals surface area (Å²) in [6.07, 6.45) is 7.19. The molecule has 0 atom stereocenters. The van der Waals surface area contributed by atoms with Crippen LogP contribution in [0.5, 0.6) is 11.8 Å². The zero-order chi connectivity index (χ0) is 25.1. The van der Waals surface area contributed by atoms with Gasteiger partial charge in [0.15, 0.2) is 5.75 Å². The molecule has 35 heavy (non-hydrogen) atoms. The number of nitrogens with one attached hydrogen (secondary N) is 1. The highest BCUT2D eigenvalue weighted by atomic mass is 35.5. The van der Waals surface area contributed by atoms with Crippen molar-refractivity contribution in [3.8, 4) is 22.9 Å². The predicted molar refractivity (Wildman–Crippen MR) is 130 cm³/mol. The molecule has 0 saturated carbocycles. The first kappa shape index (κ1) is 23.8. The number of hydrogen-bond acceptors (Lipinski definition) is 7. The summed E-state index contributed by atoms with van der Waals surface area (Å²) in [5, 5.41) is 2.74. The van der Waals surface area contributed by atoms with Crippen molar-refractivity contribution in [1.29, 1.82) is 0 Å². The van der Waals surface area contributed by atoms with Crippen LogP contribution in [-0.2, 0) is 0 Å². The lowest BCUT2D eigenvalue weighted by molar-refractivity contribution is 0.102. The molecule has 4 rings (SSSR count). The number of pyridine rings is 2. The normalized spacial score (nSPS) is 10.9. The number of aromatic nitrogens is 4. The Morgan fingerprint density at radius 3 is 2.46 bits per heavy atom. The summed E-state index contributed by atoms with van der Waals surface area (Å²) >= 11 is 6.05. The van der Waals surface area contributed by atoms with Crippen molar-refractivity contribution in [2.24, 2.45) is 0 Å². The minimum absolute atomic E-state index is 0.0315. The van der Waals surface area contributed by atoms with E-state index in [4.69, 9.17) is 22.1 Å². The predicted octanol–water partition coefficient (Wildman–Crippen LogP) is 4.70. The molecule has 3 heterocycles. The van der Waals surface area contributed by atoms with Gasteiger partial charge in [-0.25, -0.2) is 19.3 Å². The van der Waals surface area contributed by atoms with Gasteiger partial charge < -0.3 is 20.4 Å². The lowest BCUT2D eigenvalue weighted by atomic mass is 10.0. The Labute approximate surface area is 204 Å². The lowest BCUT2D eigenvalue weighted by Gasteiger charge is -2.15. The number of ether oxygens (including phenoxy) is 1. The fourth-order valence-corrected chi connectivity index (χ4v) is 3.29. The number of nitrogen functional groups attached to an aromatic ring is 1. The van der Waals surface area contributed by atoms with E-state index < -0.39 is 17.2 Å². The number of amides is 1. The van der Waals surface area contributed by atoms with E-state index in [1.165, 1.54) is 55.1 Å². The van der Waals surface area contributed by atoms with E-state index in [9.17, 15) is 14.0 Å². The monoisotopic (exact) mass is 494 g/mol. The van der Waals surface area contributed by atoms with Crippen LogP contribution >= 0.6 is 11.6 Å². The second kappa shape index (κ2) is 9.90. The minimum Gasteiger partial charge on any atom is -0.422 e. The van der Waals surface area contributed by atoms with Crippen LogP contribution < -0.4 is 21.2 Å². The summed E-state index contributed by atoms with van der Waals surface area (Å²) in [6, 6.07) is 6.95. The van der Waals surface area contributed by atoms with Crippen LogP contribution in [0, 0.1) is 5.82 Å². The molecule has 178 valence electrons. The van der Waals surface area contributed by atoms with Gasteiger partial charge in [-0.1, -0.05) is 23.7 Å². The first-order valence-electron chi connectivity index (χ1n) is 10.5. The van der Waals surface area contributed by atoms with Crippen molar-refractivity contribution in [3.05, 3.63) is 87.9 Å². The average molecular weight is 495 g/mol. The molecule has 0 fully saturated rings. The maximum atomic E-state index is 13.4. The standard InChI is InChI=1S/C24H20ClFN6O3/c1-13(2)32-11-17(14-3-5-15(26)6-4-14)21(33)18(12-32)23(34)31-16-9-29-24(30-10-16)35-19-7-8-28-22(27)20(19)25/h3-13H,1-2H3,(H2,27,28)(H,31,34). The van der Waals surface area contributed by atoms with Gasteiger partial charge in [-0.15, -0.1) is 0 Å². The molecular formula is C24H20ClFN6O3. The summed E-state index contributed by atoms with van der Waals surface area (Å²) in [4.78, 5) is 38.1. The molecular weight excluding hydrogens is 475 g/mol. The molecule has 0 aliphatic carbocycles. The molecule has 4 aromatic rings. The van der Waals surface area contributed by atoms with E-state index in [0.29, 0.717) is 5.56 Å². The van der Waals surface area contributed by atoms with Gasteiger partial charge >= 0.3 is 6.01 Å². The third kappa shape index (κ3) is 5.28. The van der Waals surface area contributed by atoms with Gasteiger partial charge in [0.25, 0.3) is 5.91 Å². The number of benzene rings is 1. The third-order valence-electron chi connectivity index (χ3n) is 5.01. The number of rotatable bonds is 6. The van der Waals surface area contributed by atoms with Crippen molar-refractivity contribution in [2.75, 3.05) is 11.1 Å². The number of nitrogens with two attached hydrogens (primary N) is 1. The lowest BCUT2D eigenvalue weighted by Crippen LogP contribution is -2.25. The zero-order valence-corrected chi connectivity index (χ0v) is 19.5. The van der Waals surface area contributed by atoms with Crippen molar-refractivity contribution >= 4 is 29.0 Å². The quantitative estimate of drug-likeness (QED) is 0.398. The van der Waals surface area contributed by atoms with Crippen LogP contribution in [0.4, 0.5) is 15.9 Å². The van der Waals surface area contributed by atoms with Gasteiger partial charge in [0, 0.05) is 36.3 Å². The number of anilines is 2. The Bertz CT molecular complexity index is 1440. The Hall–Kier alpha value is -4.31. The molecule has 0 radical (unpaired) electrons. The molecule has 3 aromatic heterocycles. The Morgan fingerprint density at radius 1 is 1.11 bits per heavy atom. The van der Waals surface area contributed by atoms with Crippen molar-refractivity contribution in [2.45, 2.75) is 19.9 Å². The Kier molecular flexibility index (Phi) is 6.74. The second-order valence-electron chi connectivity index (χ2n) is 7.78. The number of carbonyl (C=O) groups is 1. The van der Waals surface area contributed by atoms with Crippen molar-refractivity contribution < 1.29 is 13.9 Å². The summed E-state index contributed by atoms with van der Waals surface area (Å²) in [7, 11) is 0. The van der Waals surface area contributed by atoms with Gasteiger partial charge in [-0.3, -0.25) is 9.59 Å². The highest BCUT2D eigenvalue weighted by Gasteiger charge is 2.18. The van der Waals surface area contributed by atoms with Gasteiger partial charge in [-0.2, -0.15) is 0 Å². The maximum Gasteiger partial charge on any atom is 0.322 e. The first-order valence-corrected chi connectivity index (χ1v) is 10.8. The van der Waals surface area contributed by atoms with Gasteiger partial charge in [0.05, 0.1) is 18.1 Å². The van der Waals surface area contributed by atoms with Gasteiger partial charge in [0.1, 0.15) is 22.2 Å². The van der Waals surface area contributed by atoms with Gasteiger partial charge in [0.2, 0.25) is 5.43 Å². The van der Waals surface area contributed by atoms with Crippen LogP contribution in [0.15, 0.2) is 66.1 Å². The molecule has 0 unspecified atom stereocenters. The molecule has 0 aliphatic heterocycles. The van der Waals surface area contributed by atoms with Crippen LogP contribution in [0.2, 0.25) is 5.02 Å². The van der Waals surface area contributed by atoms with Crippen LogP contribution in [-0.4, -0.2) is 25.4 Å². The van der Waals surface area contributed by atoms with Crippen LogP contribution in [0.25, 0.3) is 11.1 Å². The van der Waals surface area contributed by atoms with Crippen molar-refractivity contribution in [3.63, 3.8) is 0 Å². The molecule has 0 spiro atoms. The molecule has 0 saturated heterocycles. The van der Waals surface area contributed by atoms with E-state index in [0.717, 1.165) is 0 Å². The summed E-state index contributed by atoms with van der Waals surface area (Å²) in [6.45, 7) is 3.83. The van der Waals surface area contributed by atoms with E-state index in [2.05, 4.69) is 20.3 Å². The number of nitrogens with zero attached hydrogens (tertiary/aromatic N) is 4. The summed E-state index contributed by atoms with van der Waals surface area (Å²) < 4.78 is 20.6. The molecule has 0 aliphatic rings. The van der Waals surface area contributed by atoms with E-state index >= 15 is 0 Å². The fourth-order valence-electron chi connectivity index (χ4n) is 3.14.